The molecule has 0 radical (unpaired) electrons. The van der Waals surface area contributed by atoms with Crippen LogP contribution in [-0.4, -0.2) is 12.5 Å². The molecule has 3 nitrogen and oxygen atoms in total. The second-order valence-corrected chi connectivity index (χ2v) is 1.24. The van der Waals surface area contributed by atoms with Crippen LogP contribution >= 0.6 is 0 Å². The van der Waals surface area contributed by atoms with Gasteiger partial charge in [-0.05, 0) is 6.92 Å². The molecular weight excluding hydrogens is 90.1 g/mol. The van der Waals surface area contributed by atoms with Crippen molar-refractivity contribution in [2.45, 2.75) is 20.5 Å². The molecular formula is C4H11N3. The first-order valence-corrected chi connectivity index (χ1v) is 1.92. The Morgan fingerprint density at radius 3 is 2.57 bits per heavy atom. The lowest BCUT2D eigenvalue weighted by Crippen LogP contribution is -2.28. The lowest BCUT2D eigenvalue weighted by atomic mass is 10.6. The van der Waals surface area contributed by atoms with Gasteiger partial charge in [0.05, 0.1) is 6.34 Å². The predicted molar refractivity (Wildman–Crippen MR) is 31.0 cm³/mol. The van der Waals surface area contributed by atoms with E-state index in [1.54, 1.807) is 6.34 Å². The molecule has 1 aliphatic heterocycles. The van der Waals surface area contributed by atoms with Crippen molar-refractivity contribution in [1.82, 2.24) is 10.9 Å². The van der Waals surface area contributed by atoms with Crippen LogP contribution in [0.5, 0.6) is 0 Å². The van der Waals surface area contributed by atoms with Gasteiger partial charge in [-0.15, -0.1) is 0 Å². The van der Waals surface area contributed by atoms with Gasteiger partial charge in [0.15, 0.2) is 0 Å². The average Bonchev–Trinajstić information content (AvgIpc) is 1.86. The van der Waals surface area contributed by atoms with Gasteiger partial charge in [-0.3, -0.25) is 4.99 Å². The van der Waals surface area contributed by atoms with E-state index in [2.05, 4.69) is 15.8 Å². The molecule has 2 N–H and O–H groups in total. The van der Waals surface area contributed by atoms with Gasteiger partial charge in [0.25, 0.3) is 0 Å². The van der Waals surface area contributed by atoms with Crippen LogP contribution in [0.15, 0.2) is 4.99 Å². The lowest BCUT2D eigenvalue weighted by Gasteiger charge is -1.93. The Labute approximate surface area is 43.8 Å². The van der Waals surface area contributed by atoms with Gasteiger partial charge in [-0.2, -0.15) is 0 Å². The molecule has 7 heavy (non-hydrogen) atoms. The molecule has 1 unspecified atom stereocenters. The summed E-state index contributed by atoms with van der Waals surface area (Å²) in [5, 5.41) is 0. The van der Waals surface area contributed by atoms with E-state index in [-0.39, 0.29) is 13.6 Å². The highest BCUT2D eigenvalue weighted by atomic mass is 15.5. The molecule has 1 atom stereocenters. The molecule has 1 heterocycles. The van der Waals surface area contributed by atoms with Crippen molar-refractivity contribution in [2.24, 2.45) is 4.99 Å². The van der Waals surface area contributed by atoms with Gasteiger partial charge in [0, 0.05) is 0 Å². The summed E-state index contributed by atoms with van der Waals surface area (Å²) >= 11 is 0. The van der Waals surface area contributed by atoms with Gasteiger partial charge < -0.3 is 5.43 Å². The van der Waals surface area contributed by atoms with E-state index in [0.29, 0.717) is 0 Å². The third kappa shape index (κ3) is 1.55. The van der Waals surface area contributed by atoms with Crippen LogP contribution in [0.4, 0.5) is 0 Å². The lowest BCUT2D eigenvalue weighted by molar-refractivity contribution is 0.590. The van der Waals surface area contributed by atoms with Crippen LogP contribution in [-0.2, 0) is 0 Å². The normalized spacial score (nSPS) is 26.1. The Morgan fingerprint density at radius 1 is 1.71 bits per heavy atom. The van der Waals surface area contributed by atoms with E-state index in [4.69, 9.17) is 0 Å². The van der Waals surface area contributed by atoms with E-state index in [1.165, 1.54) is 0 Å². The topological polar surface area (TPSA) is 36.4 Å². The standard InChI is InChI=1S/C3H7N3.CH4/c1-3-4-2-5-6-3;/h2-3,6H,1H3,(H,4,5);1H4. The van der Waals surface area contributed by atoms with Crippen LogP contribution < -0.4 is 10.9 Å². The fourth-order valence-electron chi connectivity index (χ4n) is 0.344. The van der Waals surface area contributed by atoms with Crippen LogP contribution in [0.1, 0.15) is 14.4 Å². The van der Waals surface area contributed by atoms with Crippen molar-refractivity contribution in [3.63, 3.8) is 0 Å². The van der Waals surface area contributed by atoms with E-state index >= 15 is 0 Å². The van der Waals surface area contributed by atoms with Crippen LogP contribution in [0.3, 0.4) is 0 Å². The summed E-state index contributed by atoms with van der Waals surface area (Å²) in [6.45, 7) is 1.97. The van der Waals surface area contributed by atoms with Crippen LogP contribution in [0.25, 0.3) is 0 Å². The SMILES string of the molecule is C.CC1N=CNN1. The molecule has 1 rings (SSSR count). The molecule has 0 saturated heterocycles. The van der Waals surface area contributed by atoms with Crippen molar-refractivity contribution in [3.05, 3.63) is 0 Å². The summed E-state index contributed by atoms with van der Waals surface area (Å²) < 4.78 is 0. The van der Waals surface area contributed by atoms with Crippen molar-refractivity contribution in [2.75, 3.05) is 0 Å². The molecule has 0 spiro atoms. The summed E-state index contributed by atoms with van der Waals surface area (Å²) in [4.78, 5) is 3.89. The summed E-state index contributed by atoms with van der Waals surface area (Å²) in [6.07, 6.45) is 1.90. The number of hydrogen-bond acceptors (Lipinski definition) is 3. The van der Waals surface area contributed by atoms with Crippen molar-refractivity contribution >= 4 is 6.34 Å². The van der Waals surface area contributed by atoms with Gasteiger partial charge in [-0.25, -0.2) is 5.43 Å². The van der Waals surface area contributed by atoms with E-state index < -0.39 is 0 Å². The van der Waals surface area contributed by atoms with E-state index in [1.807, 2.05) is 6.92 Å². The number of hydrazine groups is 1. The number of aliphatic imine (C=N–C) groups is 1. The Kier molecular flexibility index (Phi) is 2.37. The predicted octanol–water partition coefficient (Wildman–Crippen LogP) is 0.105. The fourth-order valence-corrected chi connectivity index (χ4v) is 0.344. The first kappa shape index (κ1) is 6.43. The number of hydrogen-bond donors (Lipinski definition) is 2. The van der Waals surface area contributed by atoms with Crippen molar-refractivity contribution < 1.29 is 0 Å². The maximum Gasteiger partial charge on any atom is 0.115 e. The highest BCUT2D eigenvalue weighted by Gasteiger charge is 1.96. The Balaban J connectivity index is 0.000000360. The van der Waals surface area contributed by atoms with Crippen molar-refractivity contribution in [1.29, 1.82) is 0 Å². The number of rotatable bonds is 0. The van der Waals surface area contributed by atoms with Crippen LogP contribution in [0.2, 0.25) is 0 Å². The second-order valence-electron chi connectivity index (χ2n) is 1.24. The van der Waals surface area contributed by atoms with E-state index in [9.17, 15) is 0 Å². The molecule has 1 aliphatic rings. The minimum absolute atomic E-state index is 0. The molecule has 0 fully saturated rings. The average molecular weight is 101 g/mol. The van der Waals surface area contributed by atoms with Gasteiger partial charge in [0.2, 0.25) is 0 Å². The van der Waals surface area contributed by atoms with Crippen molar-refractivity contribution in [3.8, 4) is 0 Å². The monoisotopic (exact) mass is 101 g/mol. The third-order valence-corrected chi connectivity index (χ3v) is 0.655. The van der Waals surface area contributed by atoms with Gasteiger partial charge in [-0.1, -0.05) is 7.43 Å². The Bertz CT molecular complexity index is 69.3. The molecule has 0 amide bonds. The third-order valence-electron chi connectivity index (χ3n) is 0.655. The van der Waals surface area contributed by atoms with Gasteiger partial charge >= 0.3 is 0 Å². The zero-order valence-electron chi connectivity index (χ0n) is 3.60. The minimum Gasteiger partial charge on any atom is -0.310 e. The molecule has 42 valence electrons. The minimum atomic E-state index is 0. The smallest absolute Gasteiger partial charge is 0.115 e. The summed E-state index contributed by atoms with van der Waals surface area (Å²) in [6, 6.07) is 0. The largest absolute Gasteiger partial charge is 0.310 e. The highest BCUT2D eigenvalue weighted by molar-refractivity contribution is 5.55. The molecule has 0 aromatic carbocycles. The molecule has 0 aromatic rings. The number of nitrogens with one attached hydrogen (secondary N) is 2. The highest BCUT2D eigenvalue weighted by Crippen LogP contribution is 1.80. The Hall–Kier alpha value is -0.570. The molecule has 0 aliphatic carbocycles. The van der Waals surface area contributed by atoms with Gasteiger partial charge in [0.1, 0.15) is 6.17 Å². The summed E-state index contributed by atoms with van der Waals surface area (Å²) in [5.74, 6) is 0. The maximum absolute atomic E-state index is 3.89. The number of nitrogens with zero attached hydrogens (tertiary/aromatic N) is 1. The molecule has 3 heteroatoms. The molecule has 0 bridgehead atoms. The quantitative estimate of drug-likeness (QED) is 0.454. The van der Waals surface area contributed by atoms with Crippen LogP contribution in [0, 0.1) is 0 Å². The zero-order valence-corrected chi connectivity index (χ0v) is 3.60. The fraction of sp³-hybridized carbons (Fsp3) is 0.750. The summed E-state index contributed by atoms with van der Waals surface area (Å²) in [5.41, 5.74) is 5.58. The first-order valence-electron chi connectivity index (χ1n) is 1.92. The zero-order chi connectivity index (χ0) is 4.41. The van der Waals surface area contributed by atoms with E-state index in [0.717, 1.165) is 0 Å². The first-order chi connectivity index (χ1) is 2.89. The molecule has 0 aromatic heterocycles. The summed E-state index contributed by atoms with van der Waals surface area (Å²) in [7, 11) is 0. The Morgan fingerprint density at radius 2 is 2.43 bits per heavy atom. The maximum atomic E-state index is 3.89. The molecule has 0 saturated carbocycles. The second kappa shape index (κ2) is 2.58.